The second-order valence-corrected chi connectivity index (χ2v) is 4.92. The highest BCUT2D eigenvalue weighted by Crippen LogP contribution is 2.06. The summed E-state index contributed by atoms with van der Waals surface area (Å²) in [5.41, 5.74) is 6.69. The fourth-order valence-electron chi connectivity index (χ4n) is 2.01. The van der Waals surface area contributed by atoms with Crippen molar-refractivity contribution in [1.29, 1.82) is 0 Å². The highest BCUT2D eigenvalue weighted by molar-refractivity contribution is 5.90. The first kappa shape index (κ1) is 22.3. The first-order valence-electron chi connectivity index (χ1n) is 7.16. The molecule has 0 radical (unpaired) electrons. The Balaban J connectivity index is 0.00000264. The summed E-state index contributed by atoms with van der Waals surface area (Å²) in [5.74, 6) is 0.378. The van der Waals surface area contributed by atoms with E-state index in [4.69, 9.17) is 10.5 Å². The van der Waals surface area contributed by atoms with Crippen LogP contribution in [-0.2, 0) is 22.5 Å². The Morgan fingerprint density at radius 1 is 1.33 bits per heavy atom. The lowest BCUT2D eigenvalue weighted by Crippen LogP contribution is -2.28. The number of nitrogens with zero attached hydrogens (tertiary/aromatic N) is 3. The van der Waals surface area contributed by atoms with Crippen LogP contribution in [0.3, 0.4) is 0 Å². The van der Waals surface area contributed by atoms with Crippen LogP contribution in [-0.4, -0.2) is 40.4 Å². The quantitative estimate of drug-likeness (QED) is 0.731. The number of nitrogens with two attached hydrogens (primary N) is 1. The third-order valence-corrected chi connectivity index (χ3v) is 3.30. The highest BCUT2D eigenvalue weighted by atomic mass is 35.5. The predicted molar refractivity (Wildman–Crippen MR) is 97.8 cm³/mol. The normalized spacial score (nSPS) is 11.1. The minimum atomic E-state index is -0.270. The zero-order valence-electron chi connectivity index (χ0n) is 13.4. The summed E-state index contributed by atoms with van der Waals surface area (Å²) >= 11 is 0. The van der Waals surface area contributed by atoms with E-state index in [9.17, 15) is 4.79 Å². The minimum Gasteiger partial charge on any atom is -0.380 e. The summed E-state index contributed by atoms with van der Waals surface area (Å²) in [4.78, 5) is 15.8. The van der Waals surface area contributed by atoms with Gasteiger partial charge in [-0.15, -0.1) is 24.8 Å². The molecule has 2 heterocycles. The molecule has 9 heteroatoms. The van der Waals surface area contributed by atoms with Crippen molar-refractivity contribution in [3.05, 3.63) is 42.4 Å². The lowest BCUT2D eigenvalue weighted by atomic mass is 10.2. The lowest BCUT2D eigenvalue weighted by molar-refractivity contribution is -0.118. The molecule has 7 nitrogen and oxygen atoms in total. The van der Waals surface area contributed by atoms with E-state index in [-0.39, 0.29) is 43.2 Å². The molecule has 0 saturated heterocycles. The molecule has 0 fully saturated rings. The molecule has 0 aliphatic carbocycles. The zero-order chi connectivity index (χ0) is 15.8. The van der Waals surface area contributed by atoms with Gasteiger partial charge in [0.1, 0.15) is 0 Å². The number of nitrogens with one attached hydrogen (secondary N) is 1. The van der Waals surface area contributed by atoms with E-state index < -0.39 is 0 Å². The summed E-state index contributed by atoms with van der Waals surface area (Å²) in [6, 6.07) is 5.72. The average molecular weight is 376 g/mol. The van der Waals surface area contributed by atoms with Gasteiger partial charge < -0.3 is 15.8 Å². The van der Waals surface area contributed by atoms with Crippen molar-refractivity contribution in [2.24, 2.45) is 5.73 Å². The van der Waals surface area contributed by atoms with Crippen molar-refractivity contribution >= 4 is 36.5 Å². The largest absolute Gasteiger partial charge is 0.380 e. The number of aromatic nitrogens is 3. The maximum Gasteiger partial charge on any atom is 0.228 e. The number of aryl methyl sites for hydroxylation is 2. The van der Waals surface area contributed by atoms with Gasteiger partial charge in [-0.05, 0) is 24.1 Å². The van der Waals surface area contributed by atoms with Crippen LogP contribution >= 0.6 is 24.8 Å². The fourth-order valence-corrected chi connectivity index (χ4v) is 2.01. The third kappa shape index (κ3) is 7.27. The number of amides is 1. The van der Waals surface area contributed by atoms with Crippen LogP contribution in [0.25, 0.3) is 0 Å². The van der Waals surface area contributed by atoms with Crippen molar-refractivity contribution in [3.8, 4) is 0 Å². The van der Waals surface area contributed by atoms with E-state index in [0.29, 0.717) is 12.4 Å². The van der Waals surface area contributed by atoms with Gasteiger partial charge >= 0.3 is 0 Å². The molecule has 0 aliphatic rings. The van der Waals surface area contributed by atoms with Gasteiger partial charge in [0.05, 0.1) is 12.5 Å². The number of pyridine rings is 1. The summed E-state index contributed by atoms with van der Waals surface area (Å²) in [5, 5.41) is 7.06. The van der Waals surface area contributed by atoms with Crippen LogP contribution < -0.4 is 11.1 Å². The topological polar surface area (TPSA) is 95.1 Å². The standard InChI is InChI=1S/C15H21N5O2.2ClH/c1-22-13(11-16)10-15(21)18-14-5-9-20(19-14)8-4-12-2-6-17-7-3-12;;/h2-3,5-7,9,13H,4,8,10-11,16H2,1H3,(H,18,19,21);2*1H. The van der Waals surface area contributed by atoms with Crippen LogP contribution in [0.5, 0.6) is 0 Å². The molecule has 24 heavy (non-hydrogen) atoms. The maximum absolute atomic E-state index is 11.8. The van der Waals surface area contributed by atoms with E-state index >= 15 is 0 Å². The van der Waals surface area contributed by atoms with Gasteiger partial charge in [0.15, 0.2) is 5.82 Å². The molecule has 1 unspecified atom stereocenters. The van der Waals surface area contributed by atoms with Crippen LogP contribution in [0, 0.1) is 0 Å². The Hall–Kier alpha value is -1.67. The molecule has 0 saturated carbocycles. The van der Waals surface area contributed by atoms with Gasteiger partial charge in [0.2, 0.25) is 5.91 Å². The van der Waals surface area contributed by atoms with E-state index in [1.165, 1.54) is 5.56 Å². The summed E-state index contributed by atoms with van der Waals surface area (Å²) in [6.45, 7) is 1.05. The molecule has 134 valence electrons. The molecule has 1 amide bonds. The maximum atomic E-state index is 11.8. The second kappa shape index (κ2) is 11.8. The van der Waals surface area contributed by atoms with E-state index in [1.54, 1.807) is 30.3 Å². The summed E-state index contributed by atoms with van der Waals surface area (Å²) < 4.78 is 6.88. The van der Waals surface area contributed by atoms with Crippen LogP contribution in [0.1, 0.15) is 12.0 Å². The number of rotatable bonds is 8. The SMILES string of the molecule is COC(CN)CC(=O)Nc1ccn(CCc2ccncc2)n1.Cl.Cl. The summed E-state index contributed by atoms with van der Waals surface area (Å²) in [7, 11) is 1.54. The van der Waals surface area contributed by atoms with Gasteiger partial charge in [0, 0.05) is 44.9 Å². The highest BCUT2D eigenvalue weighted by Gasteiger charge is 2.12. The van der Waals surface area contributed by atoms with E-state index in [0.717, 1.165) is 13.0 Å². The average Bonchev–Trinajstić information content (AvgIpc) is 2.99. The molecule has 2 aromatic rings. The molecule has 2 aromatic heterocycles. The Morgan fingerprint density at radius 3 is 2.67 bits per heavy atom. The molecule has 0 aliphatic heterocycles. The Bertz CT molecular complexity index is 591. The van der Waals surface area contributed by atoms with Crippen LogP contribution in [0.4, 0.5) is 5.82 Å². The molecule has 3 N–H and O–H groups in total. The van der Waals surface area contributed by atoms with Crippen LogP contribution in [0.2, 0.25) is 0 Å². The number of anilines is 1. The lowest BCUT2D eigenvalue weighted by Gasteiger charge is -2.11. The summed E-state index contributed by atoms with van der Waals surface area (Å²) in [6.07, 6.45) is 6.19. The van der Waals surface area contributed by atoms with Gasteiger partial charge in [0.25, 0.3) is 0 Å². The van der Waals surface area contributed by atoms with Crippen molar-refractivity contribution in [2.75, 3.05) is 19.0 Å². The van der Waals surface area contributed by atoms with E-state index in [1.807, 2.05) is 18.3 Å². The number of carbonyl (C=O) groups is 1. The van der Waals surface area contributed by atoms with Crippen molar-refractivity contribution in [1.82, 2.24) is 14.8 Å². The molecule has 0 spiro atoms. The van der Waals surface area contributed by atoms with Gasteiger partial charge in [-0.2, -0.15) is 5.10 Å². The van der Waals surface area contributed by atoms with Crippen LogP contribution in [0.15, 0.2) is 36.8 Å². The zero-order valence-corrected chi connectivity index (χ0v) is 15.1. The second-order valence-electron chi connectivity index (χ2n) is 4.92. The Morgan fingerprint density at radius 2 is 2.04 bits per heavy atom. The molecular formula is C15H23Cl2N5O2. The molecular weight excluding hydrogens is 353 g/mol. The molecule has 0 aromatic carbocycles. The van der Waals surface area contributed by atoms with Gasteiger partial charge in [-0.25, -0.2) is 0 Å². The number of hydrogen-bond donors (Lipinski definition) is 2. The number of methoxy groups -OCH3 is 1. The molecule has 2 rings (SSSR count). The minimum absolute atomic E-state index is 0. The van der Waals surface area contributed by atoms with Crippen molar-refractivity contribution < 1.29 is 9.53 Å². The number of carbonyl (C=O) groups excluding carboxylic acids is 1. The predicted octanol–water partition coefficient (Wildman–Crippen LogP) is 1.67. The fraction of sp³-hybridized carbons (Fsp3) is 0.400. The molecule has 0 bridgehead atoms. The van der Waals surface area contributed by atoms with Gasteiger partial charge in [-0.3, -0.25) is 14.5 Å². The number of halogens is 2. The van der Waals surface area contributed by atoms with Gasteiger partial charge in [-0.1, -0.05) is 0 Å². The van der Waals surface area contributed by atoms with E-state index in [2.05, 4.69) is 15.4 Å². The van der Waals surface area contributed by atoms with Crippen molar-refractivity contribution in [3.63, 3.8) is 0 Å². The first-order valence-corrected chi connectivity index (χ1v) is 7.16. The number of hydrogen-bond acceptors (Lipinski definition) is 5. The third-order valence-electron chi connectivity index (χ3n) is 3.30. The van der Waals surface area contributed by atoms with Crippen molar-refractivity contribution in [2.45, 2.75) is 25.5 Å². The number of ether oxygens (including phenoxy) is 1. The Labute approximate surface area is 153 Å². The monoisotopic (exact) mass is 375 g/mol. The first-order chi connectivity index (χ1) is 10.7. The Kier molecular flexibility index (Phi) is 11.0. The smallest absolute Gasteiger partial charge is 0.228 e. The molecule has 1 atom stereocenters.